The second kappa shape index (κ2) is 41.6. The third-order valence-electron chi connectivity index (χ3n) is 26.2. The van der Waals surface area contributed by atoms with Crippen molar-refractivity contribution in [2.45, 2.75) is 64.2 Å². The monoisotopic (exact) mass is 1640 g/mol. The van der Waals surface area contributed by atoms with Crippen molar-refractivity contribution < 1.29 is 0 Å². The minimum Gasteiger partial charge on any atom is -0.384 e. The molecule has 3 saturated heterocycles. The number of nitrogens with one attached hydrogen (secondary N) is 3. The first-order valence-corrected chi connectivity index (χ1v) is 46.1. The van der Waals surface area contributed by atoms with E-state index in [0.29, 0.717) is 0 Å². The molecule has 3 aromatic heterocycles. The molecule has 20 rings (SSSR count). The van der Waals surface area contributed by atoms with Crippen molar-refractivity contribution in [2.24, 2.45) is 0 Å². The Hall–Kier alpha value is -11.8. The molecule has 0 spiro atoms. The van der Waals surface area contributed by atoms with Crippen molar-refractivity contribution in [3.63, 3.8) is 0 Å². The number of fused-ring (bicyclic) bond motifs is 10. The van der Waals surface area contributed by atoms with Crippen LogP contribution in [-0.2, 0) is 25.7 Å². The highest BCUT2D eigenvalue weighted by molar-refractivity contribution is 6.09. The van der Waals surface area contributed by atoms with E-state index < -0.39 is 0 Å². The molecule has 0 radical (unpaired) electrons. The lowest BCUT2D eigenvalue weighted by atomic mass is 10.0. The molecule has 0 aliphatic carbocycles. The minimum atomic E-state index is 0.932. The van der Waals surface area contributed by atoms with E-state index in [1.807, 2.05) is 0 Å². The number of pyridine rings is 3. The van der Waals surface area contributed by atoms with Crippen molar-refractivity contribution in [3.8, 4) is 0 Å². The predicted molar refractivity (Wildman–Crippen MR) is 524 cm³/mol. The normalized spacial score (nSPS) is 15.4. The third kappa shape index (κ3) is 20.5. The largest absolute Gasteiger partial charge is 0.384 e. The molecular weight excluding hydrogens is 1520 g/mol. The van der Waals surface area contributed by atoms with Crippen molar-refractivity contribution in [1.82, 2.24) is 44.4 Å². The van der Waals surface area contributed by atoms with Gasteiger partial charge in [0.05, 0.1) is 50.2 Å². The number of unbranched alkanes of at least 4 members (excludes halogenated alkanes) is 1. The topological polar surface area (TPSA) is 104 Å². The van der Waals surface area contributed by atoms with E-state index in [2.05, 4.69) is 363 Å². The summed E-state index contributed by atoms with van der Waals surface area (Å²) < 4.78 is 0. The van der Waals surface area contributed by atoms with Crippen LogP contribution in [-0.4, -0.2) is 201 Å². The molecule has 0 saturated carbocycles. The van der Waals surface area contributed by atoms with Crippen LogP contribution in [0.2, 0.25) is 0 Å². The van der Waals surface area contributed by atoms with E-state index in [9.17, 15) is 0 Å². The highest BCUT2D eigenvalue weighted by atomic mass is 15.3. The van der Waals surface area contributed by atoms with Crippen LogP contribution in [0.5, 0.6) is 0 Å². The maximum atomic E-state index is 4.86. The molecule has 0 unspecified atom stereocenters. The SMILES string of the molecule is c1ccc(N(CCCN2CCN(CCNc3c4ccccc4nc4ccccc34)CC2)c2ccccc2)cc1.c1ccc2c(c1)CCc1ccccc1N2CCCN1CCN(CCCCNc2c3ccccc3nc3ccccc23)CC1.c1ccc2c(c1)CCc1ccccc1N2CCCN1CCN(CCCNc2c3ccccc3nc3ccccc23)CC1. The summed E-state index contributed by atoms with van der Waals surface area (Å²) in [6.45, 7) is 26.8. The van der Waals surface area contributed by atoms with Gasteiger partial charge in [0.2, 0.25) is 0 Å². The number of rotatable bonds is 29. The lowest BCUT2D eigenvalue weighted by Crippen LogP contribution is -2.48. The molecule has 15 heteroatoms. The van der Waals surface area contributed by atoms with Crippen molar-refractivity contribution in [3.05, 3.63) is 326 Å². The van der Waals surface area contributed by atoms with Gasteiger partial charge in [0.1, 0.15) is 0 Å². The smallest absolute Gasteiger partial charge is 0.0730 e. The van der Waals surface area contributed by atoms with Crippen LogP contribution >= 0.6 is 0 Å². The minimum absolute atomic E-state index is 0.932. The fourth-order valence-electron chi connectivity index (χ4n) is 19.5. The van der Waals surface area contributed by atoms with E-state index in [0.717, 1.165) is 170 Å². The van der Waals surface area contributed by atoms with Gasteiger partial charge in [-0.3, -0.25) is 4.90 Å². The molecule has 5 aliphatic rings. The number of aromatic nitrogens is 3. The Balaban J connectivity index is 0.000000127. The first-order valence-electron chi connectivity index (χ1n) is 46.1. The van der Waals surface area contributed by atoms with Gasteiger partial charge in [-0.15, -0.1) is 0 Å². The van der Waals surface area contributed by atoms with E-state index in [1.165, 1.54) is 190 Å². The van der Waals surface area contributed by atoms with Crippen molar-refractivity contribution >= 4 is 117 Å². The molecule has 0 amide bonds. The standard InChI is InChI=1S/C38H43N5.C37H41N5.C34H37N5/c1-7-18-36-30(12-1)20-21-31-13-2-8-19-37(31)43(36)25-11-24-42-28-26-41(27-29-42)23-10-9-22-39-38-32-14-3-5-16-34(32)40-35-17-6-4-15-33(35)38;1-7-17-35-29(11-1)19-20-30-12-2-8-18-36(30)42(35)24-10-23-41-27-25-40(26-28-41)22-9-21-38-37-31-13-3-5-15-33(31)39-34-16-6-4-14-32(34)37;1-3-12-28(13-4-1)39(29-14-5-2-6-15-29)22-11-21-37-24-26-38(27-25-37)23-20-35-34-30-16-7-9-18-32(30)36-33-19-10-8-17-31(33)34/h1-8,12-19H,9-11,20-29H2,(H,39,40);1-8,11-18H,9-10,19-28H2,(H,38,39);1-10,12-19H,11,20-27H2,(H,35,36). The molecule has 0 atom stereocenters. The summed E-state index contributed by atoms with van der Waals surface area (Å²) in [5.74, 6) is 0. The molecule has 632 valence electrons. The Morgan fingerprint density at radius 2 is 0.468 bits per heavy atom. The molecule has 15 aromatic rings. The Bertz CT molecular complexity index is 5660. The predicted octanol–water partition coefficient (Wildman–Crippen LogP) is 21.3. The second-order valence-electron chi connectivity index (χ2n) is 34.2. The molecule has 5 aliphatic heterocycles. The van der Waals surface area contributed by atoms with Gasteiger partial charge < -0.3 is 55.1 Å². The summed E-state index contributed by atoms with van der Waals surface area (Å²) in [5, 5.41) is 18.5. The average molecular weight is 1640 g/mol. The number of piperazine rings is 3. The van der Waals surface area contributed by atoms with E-state index in [4.69, 9.17) is 15.0 Å². The molecule has 0 bridgehead atoms. The zero-order chi connectivity index (χ0) is 83.3. The van der Waals surface area contributed by atoms with E-state index in [1.54, 1.807) is 0 Å². The number of aryl methyl sites for hydroxylation is 4. The van der Waals surface area contributed by atoms with Gasteiger partial charge in [0.15, 0.2) is 0 Å². The summed E-state index contributed by atoms with van der Waals surface area (Å²) >= 11 is 0. The summed E-state index contributed by atoms with van der Waals surface area (Å²) in [5.41, 5.74) is 24.0. The van der Waals surface area contributed by atoms with Crippen LogP contribution in [0.15, 0.2) is 303 Å². The fraction of sp³-hybridized carbons (Fsp3) is 0.312. The van der Waals surface area contributed by atoms with Crippen molar-refractivity contribution in [2.75, 3.05) is 188 Å². The van der Waals surface area contributed by atoms with Gasteiger partial charge in [-0.25, -0.2) is 15.0 Å². The van der Waals surface area contributed by atoms with E-state index >= 15 is 0 Å². The number of hydrogen-bond donors (Lipinski definition) is 3. The van der Waals surface area contributed by atoms with Gasteiger partial charge in [-0.05, 0) is 204 Å². The van der Waals surface area contributed by atoms with Crippen LogP contribution in [0, 0.1) is 0 Å². The molecule has 3 fully saturated rings. The quantitative estimate of drug-likeness (QED) is 0.0306. The fourth-order valence-corrected chi connectivity index (χ4v) is 19.5. The van der Waals surface area contributed by atoms with Gasteiger partial charge in [0.25, 0.3) is 0 Å². The lowest BCUT2D eigenvalue weighted by molar-refractivity contribution is 0.130. The van der Waals surface area contributed by atoms with Crippen LogP contribution in [0.1, 0.15) is 60.8 Å². The van der Waals surface area contributed by atoms with Crippen LogP contribution < -0.4 is 30.7 Å². The number of nitrogens with zero attached hydrogens (tertiary/aromatic N) is 12. The van der Waals surface area contributed by atoms with Crippen LogP contribution in [0.3, 0.4) is 0 Å². The zero-order valence-electron chi connectivity index (χ0n) is 72.3. The Morgan fingerprint density at radius 3 is 0.798 bits per heavy atom. The summed E-state index contributed by atoms with van der Waals surface area (Å²) in [6.07, 6.45) is 11.5. The van der Waals surface area contributed by atoms with Gasteiger partial charge in [-0.2, -0.15) is 0 Å². The number of para-hydroxylation sites is 12. The second-order valence-corrected chi connectivity index (χ2v) is 34.2. The summed E-state index contributed by atoms with van der Waals surface area (Å²) in [4.78, 5) is 38.0. The summed E-state index contributed by atoms with van der Waals surface area (Å²) in [6, 6.07) is 108. The first kappa shape index (κ1) is 83.1. The number of anilines is 9. The molecule has 3 N–H and O–H groups in total. The van der Waals surface area contributed by atoms with E-state index in [-0.39, 0.29) is 0 Å². The zero-order valence-corrected chi connectivity index (χ0v) is 72.3. The van der Waals surface area contributed by atoms with Crippen LogP contribution in [0.25, 0.3) is 65.4 Å². The number of hydrogen-bond acceptors (Lipinski definition) is 15. The maximum absolute atomic E-state index is 4.86. The maximum Gasteiger partial charge on any atom is 0.0730 e. The Morgan fingerprint density at radius 1 is 0.218 bits per heavy atom. The van der Waals surface area contributed by atoms with Gasteiger partial charge in [0, 0.05) is 191 Å². The Kier molecular flexibility index (Phi) is 27.9. The average Bonchev–Trinajstić information content (AvgIpc) is 1.13. The lowest BCUT2D eigenvalue weighted by Gasteiger charge is -2.35. The molecule has 124 heavy (non-hydrogen) atoms. The first-order chi connectivity index (χ1) is 61.5. The number of benzene rings is 12. The molecular formula is C109H121N15. The van der Waals surface area contributed by atoms with Crippen molar-refractivity contribution in [1.29, 1.82) is 0 Å². The summed E-state index contributed by atoms with van der Waals surface area (Å²) in [7, 11) is 0. The van der Waals surface area contributed by atoms with Gasteiger partial charge in [-0.1, -0.05) is 218 Å². The van der Waals surface area contributed by atoms with Gasteiger partial charge >= 0.3 is 0 Å². The highest BCUT2D eigenvalue weighted by Crippen LogP contribution is 2.40. The molecule has 15 nitrogen and oxygen atoms in total. The Labute approximate surface area is 734 Å². The highest BCUT2D eigenvalue weighted by Gasteiger charge is 2.26. The molecule has 8 heterocycles. The van der Waals surface area contributed by atoms with Crippen LogP contribution in [0.4, 0.5) is 51.2 Å². The third-order valence-corrected chi connectivity index (χ3v) is 26.2. The molecule has 12 aromatic carbocycles.